The Morgan fingerprint density at radius 1 is 1.67 bits per heavy atom. The number of nitrogens with one attached hydrogen (secondary N) is 2. The van der Waals surface area contributed by atoms with E-state index in [0.717, 1.165) is 19.5 Å². The molecule has 3 heteroatoms. The van der Waals surface area contributed by atoms with Gasteiger partial charge in [-0.05, 0) is 6.42 Å². The number of hydrogen-bond donors (Lipinski definition) is 2. The molecule has 0 unspecified atom stereocenters. The predicted octanol–water partition coefficient (Wildman–Crippen LogP) is -0.516. The van der Waals surface area contributed by atoms with Crippen LogP contribution in [-0.4, -0.2) is 25.0 Å². The number of carbonyl (C=O) groups excluding carboxylic acids is 1. The lowest BCUT2D eigenvalue weighted by atomic mass is 10.2. The van der Waals surface area contributed by atoms with Gasteiger partial charge in [0.05, 0.1) is 6.04 Å². The maximum absolute atomic E-state index is 10.9. The van der Waals surface area contributed by atoms with E-state index in [0.29, 0.717) is 0 Å². The Balaban J connectivity index is 2.39. The van der Waals surface area contributed by atoms with Crippen molar-refractivity contribution in [2.45, 2.75) is 19.4 Å². The molecule has 1 aliphatic heterocycles. The van der Waals surface area contributed by atoms with Gasteiger partial charge in [-0.1, -0.05) is 6.92 Å². The lowest BCUT2D eigenvalue weighted by Crippen LogP contribution is -2.52. The number of amides is 1. The average molecular weight is 128 g/mol. The van der Waals surface area contributed by atoms with Crippen LogP contribution in [0.25, 0.3) is 0 Å². The van der Waals surface area contributed by atoms with Crippen molar-refractivity contribution in [1.29, 1.82) is 0 Å². The van der Waals surface area contributed by atoms with E-state index in [9.17, 15) is 4.79 Å². The van der Waals surface area contributed by atoms with Crippen LogP contribution in [0.4, 0.5) is 0 Å². The SMILES string of the molecule is CC[C@@H]1NCCNC1=O. The first-order valence-electron chi connectivity index (χ1n) is 3.35. The van der Waals surface area contributed by atoms with E-state index >= 15 is 0 Å². The van der Waals surface area contributed by atoms with Crippen LogP contribution in [0, 0.1) is 0 Å². The van der Waals surface area contributed by atoms with E-state index in [1.165, 1.54) is 0 Å². The van der Waals surface area contributed by atoms with Gasteiger partial charge in [0.15, 0.2) is 0 Å². The maximum Gasteiger partial charge on any atom is 0.237 e. The highest BCUT2D eigenvalue weighted by Gasteiger charge is 2.17. The molecule has 1 heterocycles. The fraction of sp³-hybridized carbons (Fsp3) is 0.833. The van der Waals surface area contributed by atoms with E-state index < -0.39 is 0 Å². The molecule has 1 aliphatic rings. The molecule has 1 amide bonds. The summed E-state index contributed by atoms with van der Waals surface area (Å²) in [6.45, 7) is 3.68. The van der Waals surface area contributed by atoms with Crippen molar-refractivity contribution in [3.8, 4) is 0 Å². The van der Waals surface area contributed by atoms with Crippen molar-refractivity contribution in [3.63, 3.8) is 0 Å². The Morgan fingerprint density at radius 2 is 2.44 bits per heavy atom. The molecule has 2 N–H and O–H groups in total. The van der Waals surface area contributed by atoms with E-state index in [1.54, 1.807) is 0 Å². The molecule has 0 aromatic carbocycles. The molecule has 1 fully saturated rings. The summed E-state index contributed by atoms with van der Waals surface area (Å²) in [5.41, 5.74) is 0. The Kier molecular flexibility index (Phi) is 2.05. The molecule has 9 heavy (non-hydrogen) atoms. The minimum atomic E-state index is 0.0544. The molecule has 0 aromatic rings. The monoisotopic (exact) mass is 128 g/mol. The lowest BCUT2D eigenvalue weighted by molar-refractivity contribution is -0.124. The van der Waals surface area contributed by atoms with Gasteiger partial charge in [-0.2, -0.15) is 0 Å². The zero-order valence-electron chi connectivity index (χ0n) is 5.61. The van der Waals surface area contributed by atoms with Gasteiger partial charge in [0.25, 0.3) is 0 Å². The average Bonchev–Trinajstić information content (AvgIpc) is 1.89. The topological polar surface area (TPSA) is 41.1 Å². The van der Waals surface area contributed by atoms with Gasteiger partial charge in [0.1, 0.15) is 0 Å². The molecule has 1 rings (SSSR count). The fourth-order valence-electron chi connectivity index (χ4n) is 0.978. The number of carbonyl (C=O) groups is 1. The van der Waals surface area contributed by atoms with E-state index in [1.807, 2.05) is 6.92 Å². The maximum atomic E-state index is 10.9. The number of rotatable bonds is 1. The van der Waals surface area contributed by atoms with E-state index in [-0.39, 0.29) is 11.9 Å². The summed E-state index contributed by atoms with van der Waals surface area (Å²) in [7, 11) is 0. The molecule has 3 nitrogen and oxygen atoms in total. The van der Waals surface area contributed by atoms with Crippen molar-refractivity contribution in [1.82, 2.24) is 10.6 Å². The van der Waals surface area contributed by atoms with Gasteiger partial charge < -0.3 is 10.6 Å². The van der Waals surface area contributed by atoms with Gasteiger partial charge in [-0.15, -0.1) is 0 Å². The van der Waals surface area contributed by atoms with Crippen molar-refractivity contribution in [2.24, 2.45) is 0 Å². The minimum Gasteiger partial charge on any atom is -0.353 e. The Morgan fingerprint density at radius 3 is 2.89 bits per heavy atom. The predicted molar refractivity (Wildman–Crippen MR) is 35.1 cm³/mol. The van der Waals surface area contributed by atoms with Crippen LogP contribution in [0.15, 0.2) is 0 Å². The summed E-state index contributed by atoms with van der Waals surface area (Å²) >= 11 is 0. The first-order valence-corrected chi connectivity index (χ1v) is 3.35. The zero-order valence-corrected chi connectivity index (χ0v) is 5.61. The first kappa shape index (κ1) is 6.55. The molecule has 0 spiro atoms. The van der Waals surface area contributed by atoms with Crippen LogP contribution >= 0.6 is 0 Å². The van der Waals surface area contributed by atoms with Crippen LogP contribution in [0.3, 0.4) is 0 Å². The molecule has 1 saturated heterocycles. The third kappa shape index (κ3) is 1.42. The third-order valence-electron chi connectivity index (χ3n) is 1.54. The van der Waals surface area contributed by atoms with Gasteiger partial charge in [0.2, 0.25) is 5.91 Å². The molecule has 0 radical (unpaired) electrons. The summed E-state index contributed by atoms with van der Waals surface area (Å²) in [5, 5.41) is 5.89. The van der Waals surface area contributed by atoms with E-state index in [2.05, 4.69) is 10.6 Å². The zero-order chi connectivity index (χ0) is 6.69. The summed E-state index contributed by atoms with van der Waals surface area (Å²) in [6, 6.07) is 0.0544. The molecule has 0 bridgehead atoms. The first-order chi connectivity index (χ1) is 4.34. The molecule has 0 saturated carbocycles. The van der Waals surface area contributed by atoms with Crippen LogP contribution in [0.2, 0.25) is 0 Å². The Bertz CT molecular complexity index is 114. The highest BCUT2D eigenvalue weighted by atomic mass is 16.2. The van der Waals surface area contributed by atoms with Crippen LogP contribution in [0.5, 0.6) is 0 Å². The number of hydrogen-bond acceptors (Lipinski definition) is 2. The van der Waals surface area contributed by atoms with Crippen LogP contribution in [0.1, 0.15) is 13.3 Å². The lowest BCUT2D eigenvalue weighted by Gasteiger charge is -2.21. The summed E-state index contributed by atoms with van der Waals surface area (Å²) in [6.07, 6.45) is 0.881. The fourth-order valence-corrected chi connectivity index (χ4v) is 0.978. The van der Waals surface area contributed by atoms with Crippen molar-refractivity contribution in [3.05, 3.63) is 0 Å². The largest absolute Gasteiger partial charge is 0.353 e. The van der Waals surface area contributed by atoms with E-state index in [4.69, 9.17) is 0 Å². The summed E-state index contributed by atoms with van der Waals surface area (Å²) < 4.78 is 0. The van der Waals surface area contributed by atoms with Gasteiger partial charge in [-0.3, -0.25) is 4.79 Å². The van der Waals surface area contributed by atoms with Gasteiger partial charge in [0, 0.05) is 13.1 Å². The van der Waals surface area contributed by atoms with Crippen LogP contribution in [-0.2, 0) is 4.79 Å². The minimum absolute atomic E-state index is 0.0544. The second kappa shape index (κ2) is 2.82. The molecule has 52 valence electrons. The molecule has 0 aromatic heterocycles. The standard InChI is InChI=1S/C6H12N2O/c1-2-5-6(9)8-4-3-7-5/h5,7H,2-4H2,1H3,(H,8,9)/t5-/m0/s1. The van der Waals surface area contributed by atoms with Gasteiger partial charge in [-0.25, -0.2) is 0 Å². The summed E-state index contributed by atoms with van der Waals surface area (Å²) in [5.74, 6) is 0.142. The van der Waals surface area contributed by atoms with Crippen molar-refractivity contribution in [2.75, 3.05) is 13.1 Å². The highest BCUT2D eigenvalue weighted by Crippen LogP contribution is 1.92. The Labute approximate surface area is 54.8 Å². The third-order valence-corrected chi connectivity index (χ3v) is 1.54. The second-order valence-electron chi connectivity index (χ2n) is 2.21. The normalized spacial score (nSPS) is 27.7. The van der Waals surface area contributed by atoms with Gasteiger partial charge >= 0.3 is 0 Å². The smallest absolute Gasteiger partial charge is 0.237 e. The highest BCUT2D eigenvalue weighted by molar-refractivity contribution is 5.82. The number of piperazine rings is 1. The molecular formula is C6H12N2O. The second-order valence-corrected chi connectivity index (χ2v) is 2.21. The summed E-state index contributed by atoms with van der Waals surface area (Å²) in [4.78, 5) is 10.9. The Hall–Kier alpha value is -0.570. The molecule has 0 aliphatic carbocycles. The molecule has 1 atom stereocenters. The van der Waals surface area contributed by atoms with Crippen molar-refractivity contribution < 1.29 is 4.79 Å². The van der Waals surface area contributed by atoms with Crippen LogP contribution < -0.4 is 10.6 Å². The molecular weight excluding hydrogens is 116 g/mol. The quantitative estimate of drug-likeness (QED) is 0.499. The van der Waals surface area contributed by atoms with Crippen molar-refractivity contribution >= 4 is 5.91 Å².